The molecular weight excluding hydrogens is 360 g/mol. The highest BCUT2D eigenvalue weighted by molar-refractivity contribution is 5.42. The quantitative estimate of drug-likeness (QED) is 0.725. The van der Waals surface area contributed by atoms with Gasteiger partial charge in [-0.1, -0.05) is 42.5 Å². The van der Waals surface area contributed by atoms with E-state index in [1.54, 1.807) is 7.11 Å². The largest absolute Gasteiger partial charge is 0.497 e. The summed E-state index contributed by atoms with van der Waals surface area (Å²) >= 11 is 0. The molecule has 1 fully saturated rings. The molecule has 1 saturated heterocycles. The maximum absolute atomic E-state index is 8.60. The Morgan fingerprint density at radius 1 is 1.00 bits per heavy atom. The van der Waals surface area contributed by atoms with Crippen molar-refractivity contribution >= 4 is 0 Å². The average molecular weight is 383 g/mol. The van der Waals surface area contributed by atoms with Crippen molar-refractivity contribution in [1.29, 1.82) is 0 Å². The number of benzene rings is 2. The first-order chi connectivity index (χ1) is 12.2. The zero-order valence-electron chi connectivity index (χ0n) is 15.0. The maximum atomic E-state index is 8.60. The van der Waals surface area contributed by atoms with Gasteiger partial charge in [0.2, 0.25) is 0 Å². The summed E-state index contributed by atoms with van der Waals surface area (Å²) in [5.41, 5.74) is 2.48. The molecule has 0 saturated carbocycles. The van der Waals surface area contributed by atoms with Crippen LogP contribution in [0.3, 0.4) is 0 Å². The van der Waals surface area contributed by atoms with Crippen LogP contribution in [0.25, 0.3) is 0 Å². The smallest absolute Gasteiger partial charge is 0.119 e. The van der Waals surface area contributed by atoms with Gasteiger partial charge in [-0.05, 0) is 29.7 Å². The summed E-state index contributed by atoms with van der Waals surface area (Å²) in [5.74, 6) is 0.908. The first-order valence-corrected chi connectivity index (χ1v) is 9.23. The van der Waals surface area contributed by atoms with Crippen molar-refractivity contribution in [3.63, 3.8) is 0 Å². The lowest BCUT2D eigenvalue weighted by atomic mass is 9.80. The Balaban J connectivity index is 0.000000431. The van der Waals surface area contributed by atoms with Crippen LogP contribution in [0.4, 0.5) is 0 Å². The van der Waals surface area contributed by atoms with Crippen molar-refractivity contribution in [2.24, 2.45) is 0 Å². The zero-order chi connectivity index (χ0) is 19.4. The third kappa shape index (κ3) is 4.72. The highest BCUT2D eigenvalue weighted by Gasteiger charge is 2.44. The molecule has 0 amide bonds. The van der Waals surface area contributed by atoms with Crippen LogP contribution in [0.2, 0.25) is 0 Å². The average Bonchev–Trinajstić information content (AvgIpc) is 2.91. The van der Waals surface area contributed by atoms with E-state index in [2.05, 4.69) is 72.6 Å². The normalized spacial score (nSPS) is 21.2. The van der Waals surface area contributed by atoms with E-state index in [-0.39, 0.29) is 5.54 Å². The van der Waals surface area contributed by atoms with Gasteiger partial charge in [0.05, 0.1) is 27.6 Å². The fourth-order valence-electron chi connectivity index (χ4n) is 3.35. The van der Waals surface area contributed by atoms with E-state index in [1.807, 2.05) is 6.07 Å². The van der Waals surface area contributed by atoms with Gasteiger partial charge in [-0.3, -0.25) is 0 Å². The van der Waals surface area contributed by atoms with Crippen molar-refractivity contribution in [2.75, 3.05) is 27.7 Å². The van der Waals surface area contributed by atoms with Gasteiger partial charge in [0.1, 0.15) is 5.75 Å². The number of rotatable bonds is 3. The van der Waals surface area contributed by atoms with Gasteiger partial charge >= 0.3 is 0 Å². The van der Waals surface area contributed by atoms with Crippen LogP contribution >= 0.6 is 0 Å². The van der Waals surface area contributed by atoms with Crippen LogP contribution in [0.15, 0.2) is 54.6 Å². The lowest BCUT2D eigenvalue weighted by molar-refractivity contribution is -1.92. The Kier molecular flexibility index (Phi) is 6.59. The zero-order valence-corrected chi connectivity index (χ0v) is 15.7. The van der Waals surface area contributed by atoms with Gasteiger partial charge in [0.25, 0.3) is 0 Å². The third-order valence-electron chi connectivity index (χ3n) is 4.66. The Hall–Kier alpha value is -1.71. The predicted octanol–water partition coefficient (Wildman–Crippen LogP) is -1.00. The second kappa shape index (κ2) is 8.32. The number of nitrogens with zero attached hydrogens (tertiary/aromatic N) is 2. The van der Waals surface area contributed by atoms with Gasteiger partial charge in [-0.25, -0.2) is 10.0 Å². The summed E-state index contributed by atoms with van der Waals surface area (Å²) in [6, 6.07) is 19.2. The molecule has 1 N–H and O–H groups in total. The number of hydrazine groups is 1. The Labute approximate surface area is 155 Å². The third-order valence-corrected chi connectivity index (χ3v) is 4.66. The molecule has 1 aliphatic rings. The predicted molar refractivity (Wildman–Crippen MR) is 87.4 cm³/mol. The number of halogens is 1. The van der Waals surface area contributed by atoms with Gasteiger partial charge in [-0.2, -0.15) is 14.0 Å². The first-order valence-electron chi connectivity index (χ1n) is 7.96. The standard InChI is InChI=1S/C18H22N2O.ClHO4/c1-19-13-12-18(20(19)2,15-8-5-4-6-9-15)16-10-7-11-17(14-16)21-3;2-1(3,4)5/h4-11,14H,12-13H2,1-3H3;(H,2,3,4,5). The molecule has 8 heteroatoms. The van der Waals surface area contributed by atoms with E-state index in [0.29, 0.717) is 0 Å². The highest BCUT2D eigenvalue weighted by Crippen LogP contribution is 2.43. The molecule has 7 nitrogen and oxygen atoms in total. The van der Waals surface area contributed by atoms with E-state index in [0.717, 1.165) is 18.7 Å². The second-order valence-corrected chi connectivity index (χ2v) is 6.80. The molecule has 1 atom stereocenters. The van der Waals surface area contributed by atoms with Crippen LogP contribution in [0.1, 0.15) is 17.5 Å². The van der Waals surface area contributed by atoms with Gasteiger partial charge in [-0.15, -0.1) is 0 Å². The number of hydrogen-bond acceptors (Lipinski definition) is 7. The van der Waals surface area contributed by atoms with Crippen LogP contribution in [-0.2, 0) is 5.54 Å². The Morgan fingerprint density at radius 2 is 1.58 bits per heavy atom. The van der Waals surface area contributed by atoms with Crippen LogP contribution in [0, 0.1) is 10.2 Å². The molecule has 26 heavy (non-hydrogen) atoms. The van der Waals surface area contributed by atoms with Crippen molar-refractivity contribution < 1.29 is 33.6 Å². The van der Waals surface area contributed by atoms with Crippen LogP contribution < -0.4 is 18.7 Å². The first kappa shape index (κ1) is 20.6. The van der Waals surface area contributed by atoms with Crippen molar-refractivity contribution in [1.82, 2.24) is 10.0 Å². The minimum absolute atomic E-state index is 0.120. The monoisotopic (exact) mass is 382 g/mol. The molecule has 2 aromatic carbocycles. The lowest BCUT2D eigenvalue weighted by Crippen LogP contribution is -2.58. The molecule has 0 radical (unpaired) electrons. The summed E-state index contributed by atoms with van der Waals surface area (Å²) in [6.45, 7) is 1.04. The molecule has 142 valence electrons. The van der Waals surface area contributed by atoms with Crippen molar-refractivity contribution in [3.05, 3.63) is 65.7 Å². The molecular formula is C18H23ClN2O5. The van der Waals surface area contributed by atoms with Crippen molar-refractivity contribution in [2.45, 2.75) is 12.0 Å². The molecule has 0 aliphatic carbocycles. The molecule has 0 bridgehead atoms. The van der Waals surface area contributed by atoms with Crippen LogP contribution in [-0.4, -0.2) is 42.4 Å². The van der Waals surface area contributed by atoms with E-state index < -0.39 is 10.2 Å². The Bertz CT molecular complexity index is 704. The minimum Gasteiger partial charge on any atom is -0.497 e. The van der Waals surface area contributed by atoms with E-state index in [9.17, 15) is 0 Å². The van der Waals surface area contributed by atoms with Gasteiger partial charge in [0.15, 0.2) is 0 Å². The summed E-state index contributed by atoms with van der Waals surface area (Å²) in [7, 11) is 1.34. The number of methoxy groups -OCH3 is 1. The summed E-state index contributed by atoms with van der Waals surface area (Å²) in [6.07, 6.45) is 1.07. The number of hydrogen-bond donors (Lipinski definition) is 1. The van der Waals surface area contributed by atoms with E-state index >= 15 is 0 Å². The van der Waals surface area contributed by atoms with Gasteiger partial charge < -0.3 is 4.74 Å². The number of ether oxygens (including phenoxy) is 1. The molecule has 3 rings (SSSR count). The van der Waals surface area contributed by atoms with Gasteiger partial charge in [0, 0.05) is 20.6 Å². The second-order valence-electron chi connectivity index (χ2n) is 6.01. The van der Waals surface area contributed by atoms with Crippen LogP contribution in [0.5, 0.6) is 5.75 Å². The summed E-state index contributed by atoms with van der Waals surface area (Å²) in [4.78, 5) is 0. The summed E-state index contributed by atoms with van der Waals surface area (Å²) < 4.78 is 38.1. The maximum Gasteiger partial charge on any atom is 0.119 e. The van der Waals surface area contributed by atoms with E-state index in [1.165, 1.54) is 11.1 Å². The summed E-state index contributed by atoms with van der Waals surface area (Å²) in [5, 5.41) is 4.63. The molecule has 2 aromatic rings. The highest BCUT2D eigenvalue weighted by atomic mass is 35.7. The molecule has 0 spiro atoms. The topological polar surface area (TPSA) is 105 Å². The SMILES string of the molecule is COc1cccc(C2(c3ccccc3)CCN(C)N2C)c1.[O-][Cl+3]([O-])([O-])O. The fourth-order valence-corrected chi connectivity index (χ4v) is 3.35. The molecule has 1 unspecified atom stereocenters. The Morgan fingerprint density at radius 3 is 2.08 bits per heavy atom. The fraction of sp³-hybridized carbons (Fsp3) is 0.333. The lowest BCUT2D eigenvalue weighted by Gasteiger charge is -2.39. The molecule has 1 heterocycles. The minimum atomic E-state index is -4.69. The molecule has 1 aliphatic heterocycles. The molecule has 0 aromatic heterocycles. The van der Waals surface area contributed by atoms with E-state index in [4.69, 9.17) is 23.4 Å². The van der Waals surface area contributed by atoms with Crippen molar-refractivity contribution in [3.8, 4) is 5.75 Å².